The van der Waals surface area contributed by atoms with Crippen molar-refractivity contribution in [3.05, 3.63) is 34.9 Å². The number of aromatic hydroxyl groups is 1. The van der Waals surface area contributed by atoms with Crippen LogP contribution in [0.5, 0.6) is 5.75 Å². The van der Waals surface area contributed by atoms with Gasteiger partial charge >= 0.3 is 0 Å². The van der Waals surface area contributed by atoms with Crippen LogP contribution in [0.25, 0.3) is 6.08 Å². The summed E-state index contributed by atoms with van der Waals surface area (Å²) in [5.41, 5.74) is 3.08. The molecule has 0 fully saturated rings. The van der Waals surface area contributed by atoms with Crippen molar-refractivity contribution < 1.29 is 5.11 Å². The third-order valence-electron chi connectivity index (χ3n) is 3.11. The van der Waals surface area contributed by atoms with Crippen LogP contribution in [0.3, 0.4) is 0 Å². The Hall–Kier alpha value is -1.24. The number of rotatable bonds is 1. The maximum atomic E-state index is 10.5. The molecule has 0 heterocycles. The Morgan fingerprint density at radius 2 is 1.28 bits per heavy atom. The zero-order valence-corrected chi connectivity index (χ0v) is 12.8. The lowest BCUT2D eigenvalue weighted by atomic mass is 9.78. The quantitative estimate of drug-likeness (QED) is 0.737. The van der Waals surface area contributed by atoms with Gasteiger partial charge in [0.1, 0.15) is 5.75 Å². The van der Waals surface area contributed by atoms with E-state index in [1.807, 2.05) is 13.0 Å². The first kappa shape index (κ1) is 14.8. The van der Waals surface area contributed by atoms with Gasteiger partial charge in [-0.25, -0.2) is 0 Å². The van der Waals surface area contributed by atoms with Crippen molar-refractivity contribution in [2.24, 2.45) is 0 Å². The molecule has 0 aliphatic rings. The molecule has 1 heteroatoms. The minimum atomic E-state index is -0.0539. The van der Waals surface area contributed by atoms with E-state index in [9.17, 15) is 5.11 Å². The van der Waals surface area contributed by atoms with E-state index in [2.05, 4.69) is 59.8 Å². The fraction of sp³-hybridized carbons (Fsp3) is 0.529. The third kappa shape index (κ3) is 3.16. The number of allylic oxidation sites excluding steroid dienone is 1. The van der Waals surface area contributed by atoms with Gasteiger partial charge in [0.25, 0.3) is 0 Å². The highest BCUT2D eigenvalue weighted by molar-refractivity contribution is 5.59. The molecule has 0 aromatic heterocycles. The molecule has 1 aromatic rings. The molecule has 1 aromatic carbocycles. The fourth-order valence-electron chi connectivity index (χ4n) is 2.09. The first-order valence-corrected chi connectivity index (χ1v) is 6.58. The molecular formula is C17H26O. The highest BCUT2D eigenvalue weighted by atomic mass is 16.3. The van der Waals surface area contributed by atoms with E-state index in [-0.39, 0.29) is 10.8 Å². The molecule has 0 aliphatic carbocycles. The van der Waals surface area contributed by atoms with Crippen molar-refractivity contribution in [1.29, 1.82) is 0 Å². The van der Waals surface area contributed by atoms with Crippen molar-refractivity contribution in [3.63, 3.8) is 0 Å². The van der Waals surface area contributed by atoms with Gasteiger partial charge in [-0.1, -0.05) is 53.7 Å². The molecule has 0 spiro atoms. The zero-order chi connectivity index (χ0) is 14.1. The van der Waals surface area contributed by atoms with Crippen LogP contribution in [0.2, 0.25) is 0 Å². The van der Waals surface area contributed by atoms with Crippen LogP contribution in [0.15, 0.2) is 18.2 Å². The molecule has 0 saturated heterocycles. The van der Waals surface area contributed by atoms with Crippen molar-refractivity contribution >= 4 is 6.08 Å². The monoisotopic (exact) mass is 246 g/mol. The minimum absolute atomic E-state index is 0.0539. The summed E-state index contributed by atoms with van der Waals surface area (Å²) in [5.74, 6) is 0.447. The summed E-state index contributed by atoms with van der Waals surface area (Å²) in [6.45, 7) is 14.8. The van der Waals surface area contributed by atoms with Gasteiger partial charge in [-0.05, 0) is 35.4 Å². The van der Waals surface area contributed by atoms with Crippen molar-refractivity contribution in [1.82, 2.24) is 0 Å². The Balaban J connectivity index is 3.59. The summed E-state index contributed by atoms with van der Waals surface area (Å²) >= 11 is 0. The Morgan fingerprint density at radius 1 is 0.889 bits per heavy atom. The maximum Gasteiger partial charge on any atom is 0.123 e. The lowest BCUT2D eigenvalue weighted by Gasteiger charge is -2.27. The van der Waals surface area contributed by atoms with Gasteiger partial charge in [-0.2, -0.15) is 0 Å². The van der Waals surface area contributed by atoms with E-state index >= 15 is 0 Å². The minimum Gasteiger partial charge on any atom is -0.507 e. The van der Waals surface area contributed by atoms with E-state index in [0.717, 1.165) is 16.7 Å². The molecule has 1 nitrogen and oxygen atoms in total. The normalized spacial score (nSPS) is 13.3. The summed E-state index contributed by atoms with van der Waals surface area (Å²) in [5, 5.41) is 10.5. The Labute approximate surface area is 112 Å². The number of phenols is 1. The molecule has 0 atom stereocenters. The Bertz CT molecular complexity index is 418. The van der Waals surface area contributed by atoms with Crippen LogP contribution in [0.4, 0.5) is 0 Å². The standard InChI is InChI=1S/C17H26O/c1-8-9-12-10-13(16(2,3)4)15(18)14(11-12)17(5,6)7/h8-11,18H,1-7H3. The molecular weight excluding hydrogens is 220 g/mol. The van der Waals surface area contributed by atoms with Crippen molar-refractivity contribution in [3.8, 4) is 5.75 Å². The zero-order valence-electron chi connectivity index (χ0n) is 12.8. The first-order chi connectivity index (χ1) is 8.07. The number of phenolic OH excluding ortho intramolecular Hbond substituents is 1. The maximum absolute atomic E-state index is 10.5. The van der Waals surface area contributed by atoms with Gasteiger partial charge in [-0.15, -0.1) is 0 Å². The SMILES string of the molecule is CC=Cc1cc(C(C)(C)C)c(O)c(C(C)(C)C)c1. The number of hydrogen-bond donors (Lipinski definition) is 1. The molecule has 1 N–H and O–H groups in total. The van der Waals surface area contributed by atoms with E-state index < -0.39 is 0 Å². The van der Waals surface area contributed by atoms with Crippen LogP contribution in [0, 0.1) is 0 Å². The largest absolute Gasteiger partial charge is 0.507 e. The average Bonchev–Trinajstić information content (AvgIpc) is 2.17. The second-order valence-corrected chi connectivity index (χ2v) is 6.96. The van der Waals surface area contributed by atoms with E-state index in [1.54, 1.807) is 0 Å². The van der Waals surface area contributed by atoms with Gasteiger partial charge in [0.2, 0.25) is 0 Å². The molecule has 18 heavy (non-hydrogen) atoms. The first-order valence-electron chi connectivity index (χ1n) is 6.58. The number of benzene rings is 1. The van der Waals surface area contributed by atoms with E-state index in [4.69, 9.17) is 0 Å². The second-order valence-electron chi connectivity index (χ2n) is 6.96. The van der Waals surface area contributed by atoms with Gasteiger partial charge in [0.15, 0.2) is 0 Å². The molecule has 0 bridgehead atoms. The van der Waals surface area contributed by atoms with Gasteiger partial charge in [0, 0.05) is 11.1 Å². The summed E-state index contributed by atoms with van der Waals surface area (Å²) in [7, 11) is 0. The topological polar surface area (TPSA) is 20.2 Å². The smallest absolute Gasteiger partial charge is 0.123 e. The fourth-order valence-corrected chi connectivity index (χ4v) is 2.09. The summed E-state index contributed by atoms with van der Waals surface area (Å²) in [4.78, 5) is 0. The molecule has 0 saturated carbocycles. The molecule has 0 unspecified atom stereocenters. The predicted molar refractivity (Wildman–Crippen MR) is 80.2 cm³/mol. The van der Waals surface area contributed by atoms with Crippen LogP contribution >= 0.6 is 0 Å². The Kier molecular flexibility index (Phi) is 3.95. The van der Waals surface area contributed by atoms with E-state index in [0.29, 0.717) is 5.75 Å². The number of hydrogen-bond acceptors (Lipinski definition) is 1. The third-order valence-corrected chi connectivity index (χ3v) is 3.11. The highest BCUT2D eigenvalue weighted by Crippen LogP contribution is 2.39. The van der Waals surface area contributed by atoms with E-state index in [1.165, 1.54) is 0 Å². The summed E-state index contributed by atoms with van der Waals surface area (Å²) in [6, 6.07) is 4.18. The van der Waals surface area contributed by atoms with Crippen LogP contribution in [0.1, 0.15) is 65.2 Å². The second kappa shape index (κ2) is 4.79. The molecule has 0 aliphatic heterocycles. The average molecular weight is 246 g/mol. The van der Waals surface area contributed by atoms with Crippen molar-refractivity contribution in [2.45, 2.75) is 59.3 Å². The molecule has 0 radical (unpaired) electrons. The van der Waals surface area contributed by atoms with Gasteiger partial charge < -0.3 is 5.11 Å². The van der Waals surface area contributed by atoms with Gasteiger partial charge in [0.05, 0.1) is 0 Å². The van der Waals surface area contributed by atoms with Crippen LogP contribution < -0.4 is 0 Å². The van der Waals surface area contributed by atoms with Crippen LogP contribution in [-0.2, 0) is 10.8 Å². The molecule has 1 rings (SSSR count). The van der Waals surface area contributed by atoms with Gasteiger partial charge in [-0.3, -0.25) is 0 Å². The van der Waals surface area contributed by atoms with Crippen molar-refractivity contribution in [2.75, 3.05) is 0 Å². The lowest BCUT2D eigenvalue weighted by Crippen LogP contribution is -2.17. The molecule has 100 valence electrons. The lowest BCUT2D eigenvalue weighted by molar-refractivity contribution is 0.423. The summed E-state index contributed by atoms with van der Waals surface area (Å²) < 4.78 is 0. The summed E-state index contributed by atoms with van der Waals surface area (Å²) in [6.07, 6.45) is 4.12. The molecule has 0 amide bonds. The van der Waals surface area contributed by atoms with Crippen LogP contribution in [-0.4, -0.2) is 5.11 Å². The highest BCUT2D eigenvalue weighted by Gasteiger charge is 2.25. The Morgan fingerprint density at radius 3 is 1.56 bits per heavy atom. The predicted octanol–water partition coefficient (Wildman–Crippen LogP) is 5.02.